The van der Waals surface area contributed by atoms with Gasteiger partial charge >= 0.3 is 0 Å². The third-order valence-corrected chi connectivity index (χ3v) is 2.95. The van der Waals surface area contributed by atoms with E-state index < -0.39 is 0 Å². The first-order valence-corrected chi connectivity index (χ1v) is 6.30. The van der Waals surface area contributed by atoms with Crippen molar-refractivity contribution < 1.29 is 9.73 Å². The predicted molar refractivity (Wildman–Crippen MR) is 73.5 cm³/mol. The normalized spacial score (nSPS) is 13.3. The number of benzene rings is 1. The zero-order chi connectivity index (χ0) is 14.2. The molecule has 0 amide bonds. The predicted octanol–water partition coefficient (Wildman–Crippen LogP) is 0.732. The minimum absolute atomic E-state index is 0.177. The quantitative estimate of drug-likeness (QED) is 0.226. The van der Waals surface area contributed by atoms with E-state index in [1.807, 2.05) is 30.3 Å². The molecule has 4 N–H and O–H groups in total. The summed E-state index contributed by atoms with van der Waals surface area (Å²) in [6.07, 6.45) is 2.01. The number of nitrogens with zero attached hydrogens (tertiary/aromatic N) is 3. The van der Waals surface area contributed by atoms with Crippen LogP contribution in [-0.2, 0) is 6.42 Å². The molecule has 1 aromatic heterocycles. The highest BCUT2D eigenvalue weighted by Gasteiger charge is 2.16. The van der Waals surface area contributed by atoms with Crippen LogP contribution in [0.5, 0.6) is 0 Å². The SMILES string of the molecule is N/C(=N/O)C(CNCCc1ncno1)c1ccccc1. The van der Waals surface area contributed by atoms with E-state index in [1.54, 1.807) is 0 Å². The molecule has 0 aliphatic carbocycles. The average molecular weight is 275 g/mol. The number of hydrogen-bond donors (Lipinski definition) is 3. The highest BCUT2D eigenvalue weighted by Crippen LogP contribution is 2.14. The number of amidine groups is 1. The molecule has 0 radical (unpaired) electrons. The van der Waals surface area contributed by atoms with Crippen LogP contribution in [-0.4, -0.2) is 34.3 Å². The van der Waals surface area contributed by atoms with Gasteiger partial charge in [0.15, 0.2) is 6.33 Å². The number of rotatable bonds is 7. The van der Waals surface area contributed by atoms with Crippen LogP contribution in [0.1, 0.15) is 17.4 Å². The van der Waals surface area contributed by atoms with Crippen LogP contribution in [0.3, 0.4) is 0 Å². The van der Waals surface area contributed by atoms with E-state index in [1.165, 1.54) is 6.33 Å². The summed E-state index contributed by atoms with van der Waals surface area (Å²) in [5, 5.41) is 18.8. The molecule has 0 aliphatic heterocycles. The number of hydrogen-bond acceptors (Lipinski definition) is 6. The van der Waals surface area contributed by atoms with Crippen molar-refractivity contribution in [1.29, 1.82) is 0 Å². The van der Waals surface area contributed by atoms with Crippen molar-refractivity contribution in [2.45, 2.75) is 12.3 Å². The molecule has 0 spiro atoms. The zero-order valence-corrected chi connectivity index (χ0v) is 10.9. The van der Waals surface area contributed by atoms with Crippen LogP contribution < -0.4 is 11.1 Å². The van der Waals surface area contributed by atoms with Gasteiger partial charge in [0.1, 0.15) is 5.84 Å². The van der Waals surface area contributed by atoms with Gasteiger partial charge in [-0.25, -0.2) is 0 Å². The average Bonchev–Trinajstić information content (AvgIpc) is 3.01. The Bertz CT molecular complexity index is 527. The summed E-state index contributed by atoms with van der Waals surface area (Å²) in [6, 6.07) is 9.66. The summed E-state index contributed by atoms with van der Waals surface area (Å²) in [5.41, 5.74) is 6.74. The molecule has 1 aromatic carbocycles. The summed E-state index contributed by atoms with van der Waals surface area (Å²) in [7, 11) is 0. The summed E-state index contributed by atoms with van der Waals surface area (Å²) in [5.74, 6) is 0.586. The lowest BCUT2D eigenvalue weighted by Crippen LogP contribution is -2.32. The summed E-state index contributed by atoms with van der Waals surface area (Å²) < 4.78 is 4.90. The van der Waals surface area contributed by atoms with Crippen LogP contribution in [0.2, 0.25) is 0 Å². The Morgan fingerprint density at radius 2 is 2.20 bits per heavy atom. The Morgan fingerprint density at radius 3 is 2.85 bits per heavy atom. The molecule has 0 aliphatic rings. The van der Waals surface area contributed by atoms with Crippen LogP contribution in [0.25, 0.3) is 0 Å². The number of nitrogens with two attached hydrogens (primary N) is 1. The molecular weight excluding hydrogens is 258 g/mol. The largest absolute Gasteiger partial charge is 0.409 e. The van der Waals surface area contributed by atoms with E-state index in [0.717, 1.165) is 5.56 Å². The van der Waals surface area contributed by atoms with E-state index in [-0.39, 0.29) is 11.8 Å². The van der Waals surface area contributed by atoms with E-state index in [2.05, 4.69) is 20.6 Å². The zero-order valence-electron chi connectivity index (χ0n) is 10.9. The molecule has 0 saturated carbocycles. The lowest BCUT2D eigenvalue weighted by Gasteiger charge is -2.16. The first-order valence-electron chi connectivity index (χ1n) is 6.30. The van der Waals surface area contributed by atoms with Crippen molar-refractivity contribution in [3.05, 3.63) is 48.1 Å². The van der Waals surface area contributed by atoms with Gasteiger partial charge in [0.05, 0.1) is 5.92 Å². The second kappa shape index (κ2) is 7.25. The minimum atomic E-state index is -0.177. The van der Waals surface area contributed by atoms with Gasteiger partial charge in [-0.05, 0) is 5.56 Å². The van der Waals surface area contributed by atoms with Crippen molar-refractivity contribution in [2.24, 2.45) is 10.9 Å². The fraction of sp³-hybridized carbons (Fsp3) is 0.308. The molecule has 1 heterocycles. The molecule has 7 heteroatoms. The monoisotopic (exact) mass is 275 g/mol. The molecule has 20 heavy (non-hydrogen) atoms. The molecule has 0 fully saturated rings. The first kappa shape index (κ1) is 14.0. The van der Waals surface area contributed by atoms with Gasteiger partial charge < -0.3 is 20.8 Å². The van der Waals surface area contributed by atoms with Gasteiger partial charge in [-0.15, -0.1) is 0 Å². The van der Waals surface area contributed by atoms with Crippen molar-refractivity contribution in [3.8, 4) is 0 Å². The molecule has 1 atom stereocenters. The van der Waals surface area contributed by atoms with E-state index in [9.17, 15) is 0 Å². The molecule has 0 saturated heterocycles. The van der Waals surface area contributed by atoms with Crippen LogP contribution in [0, 0.1) is 0 Å². The van der Waals surface area contributed by atoms with Gasteiger partial charge in [-0.1, -0.05) is 40.6 Å². The summed E-state index contributed by atoms with van der Waals surface area (Å²) in [4.78, 5) is 3.94. The Kier molecular flexibility index (Phi) is 5.08. The maximum Gasteiger partial charge on any atom is 0.227 e. The topological polar surface area (TPSA) is 110 Å². The Labute approximate surface area is 116 Å². The van der Waals surface area contributed by atoms with Crippen molar-refractivity contribution in [2.75, 3.05) is 13.1 Å². The van der Waals surface area contributed by atoms with Gasteiger partial charge in [0.2, 0.25) is 5.89 Å². The molecule has 2 rings (SSSR count). The highest BCUT2D eigenvalue weighted by molar-refractivity contribution is 5.87. The number of aromatic nitrogens is 2. The van der Waals surface area contributed by atoms with Gasteiger partial charge in [0.25, 0.3) is 0 Å². The second-order valence-corrected chi connectivity index (χ2v) is 4.28. The van der Waals surface area contributed by atoms with Gasteiger partial charge in [0, 0.05) is 19.5 Å². The molecule has 0 bridgehead atoms. The lowest BCUT2D eigenvalue weighted by molar-refractivity contribution is 0.315. The number of oxime groups is 1. The smallest absolute Gasteiger partial charge is 0.227 e. The summed E-state index contributed by atoms with van der Waals surface area (Å²) in [6.45, 7) is 1.23. The molecule has 106 valence electrons. The fourth-order valence-corrected chi connectivity index (χ4v) is 1.90. The van der Waals surface area contributed by atoms with Crippen LogP contribution in [0.4, 0.5) is 0 Å². The van der Waals surface area contributed by atoms with Crippen LogP contribution >= 0.6 is 0 Å². The Hall–Kier alpha value is -2.41. The Balaban J connectivity index is 1.89. The molecular formula is C13H17N5O2. The van der Waals surface area contributed by atoms with E-state index >= 15 is 0 Å². The summed E-state index contributed by atoms with van der Waals surface area (Å²) >= 11 is 0. The maximum atomic E-state index is 8.88. The number of nitrogens with one attached hydrogen (secondary N) is 1. The first-order chi connectivity index (χ1) is 9.81. The molecule has 7 nitrogen and oxygen atoms in total. The lowest BCUT2D eigenvalue weighted by atomic mass is 9.98. The third-order valence-electron chi connectivity index (χ3n) is 2.95. The second-order valence-electron chi connectivity index (χ2n) is 4.28. The van der Waals surface area contributed by atoms with Gasteiger partial charge in [-0.3, -0.25) is 0 Å². The molecule has 1 unspecified atom stereocenters. The molecule has 2 aromatic rings. The van der Waals surface area contributed by atoms with Crippen molar-refractivity contribution in [3.63, 3.8) is 0 Å². The van der Waals surface area contributed by atoms with E-state index in [0.29, 0.717) is 25.4 Å². The van der Waals surface area contributed by atoms with Gasteiger partial charge in [-0.2, -0.15) is 4.98 Å². The maximum absolute atomic E-state index is 8.88. The van der Waals surface area contributed by atoms with Crippen molar-refractivity contribution >= 4 is 5.84 Å². The fourth-order valence-electron chi connectivity index (χ4n) is 1.90. The standard InChI is InChI=1S/C13H17N5O2/c14-13(18-19)11(10-4-2-1-3-5-10)8-15-7-6-12-16-9-17-20-12/h1-5,9,11,15,19H,6-8H2,(H2,14,18). The van der Waals surface area contributed by atoms with E-state index in [4.69, 9.17) is 15.5 Å². The highest BCUT2D eigenvalue weighted by atomic mass is 16.5. The third kappa shape index (κ3) is 3.79. The minimum Gasteiger partial charge on any atom is -0.409 e. The van der Waals surface area contributed by atoms with Crippen molar-refractivity contribution in [1.82, 2.24) is 15.5 Å². The Morgan fingerprint density at radius 1 is 1.40 bits per heavy atom. The van der Waals surface area contributed by atoms with Crippen LogP contribution in [0.15, 0.2) is 46.3 Å².